The summed E-state index contributed by atoms with van der Waals surface area (Å²) >= 11 is 1.88. The summed E-state index contributed by atoms with van der Waals surface area (Å²) in [6.45, 7) is 6.57. The Kier molecular flexibility index (Phi) is 5.50. The second-order valence-electron chi connectivity index (χ2n) is 4.87. The van der Waals surface area contributed by atoms with Crippen molar-refractivity contribution in [3.05, 3.63) is 29.8 Å². The van der Waals surface area contributed by atoms with Gasteiger partial charge in [-0.25, -0.2) is 0 Å². The van der Waals surface area contributed by atoms with Gasteiger partial charge in [-0.1, -0.05) is 25.1 Å². The van der Waals surface area contributed by atoms with Gasteiger partial charge in [-0.3, -0.25) is 0 Å². The van der Waals surface area contributed by atoms with Crippen LogP contribution < -0.4 is 5.32 Å². The average molecular weight is 253 g/mol. The number of benzene rings is 1. The van der Waals surface area contributed by atoms with Gasteiger partial charge in [0.05, 0.1) is 6.61 Å². The number of nitrogens with one attached hydrogen (secondary N) is 1. The second-order valence-corrected chi connectivity index (χ2v) is 6.35. The summed E-state index contributed by atoms with van der Waals surface area (Å²) in [6.07, 6.45) is 0.943. The van der Waals surface area contributed by atoms with Crippen LogP contribution in [0.4, 0.5) is 0 Å². The van der Waals surface area contributed by atoms with E-state index in [2.05, 4.69) is 50.4 Å². The maximum absolute atomic E-state index is 9.38. The van der Waals surface area contributed by atoms with Gasteiger partial charge < -0.3 is 10.4 Å². The summed E-state index contributed by atoms with van der Waals surface area (Å²) in [5, 5.41) is 13.1. The summed E-state index contributed by atoms with van der Waals surface area (Å²) < 4.78 is 0. The molecule has 0 fully saturated rings. The lowest BCUT2D eigenvalue weighted by Gasteiger charge is -2.29. The largest absolute Gasteiger partial charge is 0.394 e. The molecule has 0 aliphatic rings. The van der Waals surface area contributed by atoms with Gasteiger partial charge in [-0.15, -0.1) is 11.8 Å². The molecule has 3 heteroatoms. The number of aryl methyl sites for hydroxylation is 1. The molecule has 96 valence electrons. The van der Waals surface area contributed by atoms with Crippen LogP contribution in [0.1, 0.15) is 25.8 Å². The fourth-order valence-electron chi connectivity index (χ4n) is 1.83. The Bertz CT molecular complexity index is 350. The molecular formula is C14H23NOS. The summed E-state index contributed by atoms with van der Waals surface area (Å²) in [6, 6.07) is 8.44. The van der Waals surface area contributed by atoms with Crippen molar-refractivity contribution in [1.29, 1.82) is 0 Å². The molecule has 0 amide bonds. The molecule has 2 atom stereocenters. The minimum Gasteiger partial charge on any atom is -0.394 e. The normalized spacial score (nSPS) is 16.5. The van der Waals surface area contributed by atoms with E-state index >= 15 is 0 Å². The highest BCUT2D eigenvalue weighted by Crippen LogP contribution is 2.30. The van der Waals surface area contributed by atoms with E-state index in [1.807, 2.05) is 18.8 Å². The van der Waals surface area contributed by atoms with E-state index in [0.717, 1.165) is 6.42 Å². The van der Waals surface area contributed by atoms with Gasteiger partial charge in [0.1, 0.15) is 0 Å². The number of aliphatic hydroxyl groups is 1. The Labute approximate surface area is 109 Å². The number of thioether (sulfide) groups is 1. The lowest BCUT2D eigenvalue weighted by molar-refractivity contribution is 0.174. The third-order valence-electron chi connectivity index (χ3n) is 3.11. The van der Waals surface area contributed by atoms with E-state index in [0.29, 0.717) is 5.25 Å². The van der Waals surface area contributed by atoms with Crippen molar-refractivity contribution < 1.29 is 5.11 Å². The van der Waals surface area contributed by atoms with Gasteiger partial charge in [-0.2, -0.15) is 0 Å². The number of likely N-dealkylation sites (N-methyl/N-ethyl adjacent to an activating group) is 1. The second kappa shape index (κ2) is 6.43. The van der Waals surface area contributed by atoms with Crippen LogP contribution in [0.2, 0.25) is 0 Å². The summed E-state index contributed by atoms with van der Waals surface area (Å²) in [5.41, 5.74) is 1.13. The highest BCUT2D eigenvalue weighted by Gasteiger charge is 2.24. The van der Waals surface area contributed by atoms with Crippen molar-refractivity contribution in [2.75, 3.05) is 13.7 Å². The van der Waals surface area contributed by atoms with Crippen LogP contribution in [0.5, 0.6) is 0 Å². The minimum atomic E-state index is -0.185. The molecule has 0 aliphatic carbocycles. The predicted octanol–water partition coefficient (Wildman–Crippen LogP) is 2.84. The van der Waals surface area contributed by atoms with Gasteiger partial charge in [0, 0.05) is 15.7 Å². The van der Waals surface area contributed by atoms with E-state index in [1.165, 1.54) is 10.5 Å². The molecule has 0 bridgehead atoms. The van der Waals surface area contributed by atoms with Crippen LogP contribution in [0.3, 0.4) is 0 Å². The van der Waals surface area contributed by atoms with Crippen molar-refractivity contribution in [3.8, 4) is 0 Å². The molecule has 1 rings (SSSR count). The van der Waals surface area contributed by atoms with Crippen LogP contribution in [0.25, 0.3) is 0 Å². The van der Waals surface area contributed by atoms with Crippen molar-refractivity contribution in [2.24, 2.45) is 0 Å². The zero-order valence-corrected chi connectivity index (χ0v) is 12.0. The molecule has 0 radical (unpaired) electrons. The molecule has 0 heterocycles. The Hall–Kier alpha value is -0.510. The molecule has 0 saturated heterocycles. The molecule has 0 aliphatic heterocycles. The third kappa shape index (κ3) is 4.34. The van der Waals surface area contributed by atoms with Crippen molar-refractivity contribution >= 4 is 11.8 Å². The van der Waals surface area contributed by atoms with Crippen LogP contribution >= 0.6 is 11.8 Å². The Morgan fingerprint density at radius 1 is 1.41 bits per heavy atom. The molecule has 0 aromatic heterocycles. The first-order valence-corrected chi connectivity index (χ1v) is 6.91. The zero-order valence-electron chi connectivity index (χ0n) is 11.2. The lowest BCUT2D eigenvalue weighted by atomic mass is 9.97. The number of aliphatic hydroxyl groups excluding tert-OH is 1. The first kappa shape index (κ1) is 14.6. The van der Waals surface area contributed by atoms with E-state index in [-0.39, 0.29) is 12.1 Å². The molecule has 0 saturated carbocycles. The van der Waals surface area contributed by atoms with E-state index < -0.39 is 0 Å². The third-order valence-corrected chi connectivity index (χ3v) is 4.39. The van der Waals surface area contributed by atoms with Crippen LogP contribution in [-0.2, 0) is 0 Å². The number of hydrogen-bond donors (Lipinski definition) is 2. The molecule has 2 unspecified atom stereocenters. The summed E-state index contributed by atoms with van der Waals surface area (Å²) in [4.78, 5) is 1.33. The SMILES string of the molecule is CNC(C)(CO)CC(C)Sc1ccccc1C. The van der Waals surface area contributed by atoms with Crippen molar-refractivity contribution in [1.82, 2.24) is 5.32 Å². The Morgan fingerprint density at radius 3 is 2.59 bits per heavy atom. The topological polar surface area (TPSA) is 32.3 Å². The molecular weight excluding hydrogens is 230 g/mol. The average Bonchev–Trinajstić information content (AvgIpc) is 2.32. The number of hydrogen-bond acceptors (Lipinski definition) is 3. The van der Waals surface area contributed by atoms with Gasteiger partial charge >= 0.3 is 0 Å². The van der Waals surface area contributed by atoms with Crippen molar-refractivity contribution in [3.63, 3.8) is 0 Å². The van der Waals surface area contributed by atoms with Crippen LogP contribution in [0, 0.1) is 6.92 Å². The van der Waals surface area contributed by atoms with E-state index in [9.17, 15) is 5.11 Å². The quantitative estimate of drug-likeness (QED) is 0.765. The summed E-state index contributed by atoms with van der Waals surface area (Å²) in [7, 11) is 1.90. The van der Waals surface area contributed by atoms with Gasteiger partial charge in [0.2, 0.25) is 0 Å². The molecule has 17 heavy (non-hydrogen) atoms. The van der Waals surface area contributed by atoms with E-state index in [1.54, 1.807) is 0 Å². The highest BCUT2D eigenvalue weighted by molar-refractivity contribution is 8.00. The standard InChI is InChI=1S/C14H23NOS/c1-11-7-5-6-8-13(11)17-12(2)9-14(3,10-16)15-4/h5-8,12,15-16H,9-10H2,1-4H3. The number of rotatable bonds is 6. The maximum Gasteiger partial charge on any atom is 0.0610 e. The molecule has 1 aromatic carbocycles. The van der Waals surface area contributed by atoms with Gasteiger partial charge in [0.15, 0.2) is 0 Å². The monoisotopic (exact) mass is 253 g/mol. The van der Waals surface area contributed by atoms with Crippen molar-refractivity contribution in [2.45, 2.75) is 42.9 Å². The van der Waals surface area contributed by atoms with Crippen LogP contribution in [-0.4, -0.2) is 29.5 Å². The van der Waals surface area contributed by atoms with Gasteiger partial charge in [0.25, 0.3) is 0 Å². The van der Waals surface area contributed by atoms with E-state index in [4.69, 9.17) is 0 Å². The summed E-state index contributed by atoms with van der Waals surface area (Å²) in [5.74, 6) is 0. The molecule has 1 aromatic rings. The molecule has 0 spiro atoms. The maximum atomic E-state index is 9.38. The predicted molar refractivity (Wildman–Crippen MR) is 75.7 cm³/mol. The highest BCUT2D eigenvalue weighted by atomic mass is 32.2. The lowest BCUT2D eigenvalue weighted by Crippen LogP contribution is -2.45. The first-order chi connectivity index (χ1) is 8.00. The molecule has 2 nitrogen and oxygen atoms in total. The van der Waals surface area contributed by atoms with Crippen LogP contribution in [0.15, 0.2) is 29.2 Å². The Morgan fingerprint density at radius 2 is 2.06 bits per heavy atom. The fraction of sp³-hybridized carbons (Fsp3) is 0.571. The van der Waals surface area contributed by atoms with Gasteiger partial charge in [-0.05, 0) is 38.9 Å². The Balaban J connectivity index is 2.61. The smallest absolute Gasteiger partial charge is 0.0610 e. The zero-order chi connectivity index (χ0) is 12.9. The first-order valence-electron chi connectivity index (χ1n) is 6.03. The minimum absolute atomic E-state index is 0.169. The molecule has 2 N–H and O–H groups in total. The fourth-order valence-corrected chi connectivity index (χ4v) is 3.12.